The molecule has 3 rings (SSSR count). The van der Waals surface area contributed by atoms with Gasteiger partial charge in [0.1, 0.15) is 11.5 Å². The number of amides is 1. The van der Waals surface area contributed by atoms with Gasteiger partial charge in [0.15, 0.2) is 0 Å². The zero-order valence-corrected chi connectivity index (χ0v) is 17.9. The van der Waals surface area contributed by atoms with Crippen molar-refractivity contribution in [3.05, 3.63) is 54.1 Å². The molecule has 1 heterocycles. The number of nitrogens with zero attached hydrogens (tertiary/aromatic N) is 2. The van der Waals surface area contributed by atoms with E-state index in [4.69, 9.17) is 9.47 Å². The van der Waals surface area contributed by atoms with E-state index < -0.39 is 0 Å². The van der Waals surface area contributed by atoms with Crippen molar-refractivity contribution >= 4 is 24.0 Å². The second-order valence-corrected chi connectivity index (χ2v) is 6.78. The van der Waals surface area contributed by atoms with Gasteiger partial charge < -0.3 is 19.7 Å². The summed E-state index contributed by atoms with van der Waals surface area (Å²) in [5.41, 5.74) is 1.74. The fourth-order valence-electron chi connectivity index (χ4n) is 3.49. The average molecular weight is 420 g/mol. The third-order valence-electron chi connectivity index (χ3n) is 5.03. The molecule has 0 bridgehead atoms. The number of rotatable bonds is 8. The van der Waals surface area contributed by atoms with Crippen molar-refractivity contribution in [2.45, 2.75) is 6.42 Å². The molecule has 1 saturated heterocycles. The molecular formula is C22H30ClN3O3. The topological polar surface area (TPSA) is 54.0 Å². The van der Waals surface area contributed by atoms with Gasteiger partial charge >= 0.3 is 0 Å². The molecule has 0 unspecified atom stereocenters. The number of piperazine rings is 1. The van der Waals surface area contributed by atoms with Gasteiger partial charge in [0.25, 0.3) is 5.91 Å². The minimum atomic E-state index is -0.122. The van der Waals surface area contributed by atoms with Crippen molar-refractivity contribution in [2.75, 3.05) is 58.4 Å². The molecule has 1 N–H and O–H groups in total. The minimum Gasteiger partial charge on any atom is -0.495 e. The van der Waals surface area contributed by atoms with Crippen molar-refractivity contribution < 1.29 is 14.3 Å². The van der Waals surface area contributed by atoms with Crippen LogP contribution in [0.3, 0.4) is 0 Å². The molecule has 6 nitrogen and oxygen atoms in total. The quantitative estimate of drug-likeness (QED) is 0.666. The summed E-state index contributed by atoms with van der Waals surface area (Å²) < 4.78 is 11.3. The maximum absolute atomic E-state index is 11.9. The smallest absolute Gasteiger partial charge is 0.254 e. The van der Waals surface area contributed by atoms with Gasteiger partial charge in [-0.3, -0.25) is 9.69 Å². The number of carbonyl (C=O) groups is 1. The van der Waals surface area contributed by atoms with Gasteiger partial charge in [0, 0.05) is 39.8 Å². The average Bonchev–Trinajstić information content (AvgIpc) is 2.77. The van der Waals surface area contributed by atoms with E-state index in [1.807, 2.05) is 30.3 Å². The Hall–Kier alpha value is -2.44. The van der Waals surface area contributed by atoms with E-state index in [-0.39, 0.29) is 18.3 Å². The van der Waals surface area contributed by atoms with Crippen LogP contribution in [0.15, 0.2) is 48.5 Å². The van der Waals surface area contributed by atoms with Crippen molar-refractivity contribution in [3.63, 3.8) is 0 Å². The molecule has 1 fully saturated rings. The van der Waals surface area contributed by atoms with Gasteiger partial charge in [-0.1, -0.05) is 24.3 Å². The largest absolute Gasteiger partial charge is 0.495 e. The van der Waals surface area contributed by atoms with E-state index in [0.29, 0.717) is 17.9 Å². The maximum atomic E-state index is 11.9. The van der Waals surface area contributed by atoms with E-state index in [9.17, 15) is 4.79 Å². The predicted octanol–water partition coefficient (Wildman–Crippen LogP) is 3.07. The van der Waals surface area contributed by atoms with E-state index in [2.05, 4.69) is 27.2 Å². The number of nitrogens with one attached hydrogen (secondary N) is 1. The van der Waals surface area contributed by atoms with E-state index >= 15 is 0 Å². The molecule has 0 radical (unpaired) electrons. The summed E-state index contributed by atoms with van der Waals surface area (Å²) >= 11 is 0. The lowest BCUT2D eigenvalue weighted by molar-refractivity contribution is 0.0958. The first-order valence-electron chi connectivity index (χ1n) is 9.77. The normalized spacial score (nSPS) is 14.1. The summed E-state index contributed by atoms with van der Waals surface area (Å²) in [5, 5.41) is 2.65. The lowest BCUT2D eigenvalue weighted by Gasteiger charge is -2.36. The van der Waals surface area contributed by atoms with Gasteiger partial charge in [-0.25, -0.2) is 0 Å². The highest BCUT2D eigenvalue weighted by Crippen LogP contribution is 2.28. The van der Waals surface area contributed by atoms with Crippen molar-refractivity contribution in [3.8, 4) is 11.5 Å². The Balaban J connectivity index is 0.00000300. The van der Waals surface area contributed by atoms with Crippen LogP contribution in [0.5, 0.6) is 11.5 Å². The van der Waals surface area contributed by atoms with Crippen molar-refractivity contribution in [1.82, 2.24) is 10.2 Å². The van der Waals surface area contributed by atoms with Crippen molar-refractivity contribution in [2.24, 2.45) is 0 Å². The molecule has 0 saturated carbocycles. The van der Waals surface area contributed by atoms with Gasteiger partial charge in [0.05, 0.1) is 25.0 Å². The number of anilines is 1. The highest BCUT2D eigenvalue weighted by molar-refractivity contribution is 5.96. The Morgan fingerprint density at radius 1 is 1.00 bits per heavy atom. The second-order valence-electron chi connectivity index (χ2n) is 6.78. The van der Waals surface area contributed by atoms with Crippen LogP contribution in [-0.4, -0.2) is 64.3 Å². The Kier molecular flexibility index (Phi) is 9.09. The van der Waals surface area contributed by atoms with Gasteiger partial charge in [-0.15, -0.1) is 12.4 Å². The van der Waals surface area contributed by atoms with Gasteiger partial charge in [-0.05, 0) is 30.7 Å². The number of benzene rings is 2. The molecule has 0 atom stereocenters. The fraction of sp³-hybridized carbons (Fsp3) is 0.409. The van der Waals surface area contributed by atoms with Crippen LogP contribution in [-0.2, 0) is 0 Å². The summed E-state index contributed by atoms with van der Waals surface area (Å²) in [6.45, 7) is 5.60. The van der Waals surface area contributed by atoms with Crippen molar-refractivity contribution in [1.29, 1.82) is 0 Å². The van der Waals surface area contributed by atoms with Crippen LogP contribution in [0.1, 0.15) is 16.8 Å². The van der Waals surface area contributed by atoms with Gasteiger partial charge in [-0.2, -0.15) is 0 Å². The summed E-state index contributed by atoms with van der Waals surface area (Å²) in [4.78, 5) is 16.7. The van der Waals surface area contributed by atoms with E-state index in [1.54, 1.807) is 20.2 Å². The summed E-state index contributed by atoms with van der Waals surface area (Å²) in [6.07, 6.45) is 0.927. The monoisotopic (exact) mass is 419 g/mol. The number of hydrogen-bond donors (Lipinski definition) is 1. The van der Waals surface area contributed by atoms with Gasteiger partial charge in [0.2, 0.25) is 0 Å². The SMILES string of the molecule is CNC(=O)c1ccccc1OCCCN1CCN(c2ccccc2OC)CC1.Cl. The zero-order chi connectivity index (χ0) is 19.8. The van der Waals surface area contributed by atoms with E-state index in [0.717, 1.165) is 44.9 Å². The molecular weight excluding hydrogens is 390 g/mol. The summed E-state index contributed by atoms with van der Waals surface area (Å²) in [6, 6.07) is 15.5. The first-order valence-corrected chi connectivity index (χ1v) is 9.77. The number of ether oxygens (including phenoxy) is 2. The lowest BCUT2D eigenvalue weighted by atomic mass is 10.2. The standard InChI is InChI=1S/C22H29N3O3.ClH/c1-23-22(26)18-8-3-5-10-20(18)28-17-7-12-24-13-15-25(16-14-24)19-9-4-6-11-21(19)27-2;/h3-6,8-11H,7,12-17H2,1-2H3,(H,23,26);1H. The molecule has 1 aliphatic heterocycles. The summed E-state index contributed by atoms with van der Waals surface area (Å²) in [7, 11) is 3.35. The van der Waals surface area contributed by atoms with Crippen LogP contribution in [0.25, 0.3) is 0 Å². The number of hydrogen-bond acceptors (Lipinski definition) is 5. The molecule has 158 valence electrons. The Labute approximate surface area is 179 Å². The van der Waals surface area contributed by atoms with E-state index in [1.165, 1.54) is 5.69 Å². The molecule has 29 heavy (non-hydrogen) atoms. The first-order chi connectivity index (χ1) is 13.7. The first kappa shape index (κ1) is 22.8. The number of carbonyl (C=O) groups excluding carboxylic acids is 1. The Morgan fingerprint density at radius 2 is 1.66 bits per heavy atom. The van der Waals surface area contributed by atoms with Crippen LogP contribution in [0.2, 0.25) is 0 Å². The molecule has 0 aromatic heterocycles. The molecule has 1 aliphatic rings. The number of halogens is 1. The predicted molar refractivity (Wildman–Crippen MR) is 119 cm³/mol. The zero-order valence-electron chi connectivity index (χ0n) is 17.1. The third kappa shape index (κ3) is 6.02. The van der Waals surface area contributed by atoms with Crippen LogP contribution >= 0.6 is 12.4 Å². The fourth-order valence-corrected chi connectivity index (χ4v) is 3.49. The highest BCUT2D eigenvalue weighted by Gasteiger charge is 2.19. The van der Waals surface area contributed by atoms with Crippen LogP contribution in [0, 0.1) is 0 Å². The van der Waals surface area contributed by atoms with Crippen LogP contribution < -0.4 is 19.7 Å². The molecule has 0 spiro atoms. The minimum absolute atomic E-state index is 0. The third-order valence-corrected chi connectivity index (χ3v) is 5.03. The van der Waals surface area contributed by atoms with Crippen LogP contribution in [0.4, 0.5) is 5.69 Å². The molecule has 2 aromatic carbocycles. The number of para-hydroxylation sites is 3. The molecule has 2 aromatic rings. The highest BCUT2D eigenvalue weighted by atomic mass is 35.5. The molecule has 1 amide bonds. The molecule has 0 aliphatic carbocycles. The summed E-state index contributed by atoms with van der Waals surface area (Å²) in [5.74, 6) is 1.45. The maximum Gasteiger partial charge on any atom is 0.254 e. The molecule has 7 heteroatoms. The number of methoxy groups -OCH3 is 1. The second kappa shape index (κ2) is 11.5. The lowest BCUT2D eigenvalue weighted by Crippen LogP contribution is -2.46. The Bertz CT molecular complexity index is 779. The Morgan fingerprint density at radius 3 is 2.34 bits per heavy atom.